The average Bonchev–Trinajstić information content (AvgIpc) is 2.37. The van der Waals surface area contributed by atoms with Crippen LogP contribution in [0.3, 0.4) is 0 Å². The summed E-state index contributed by atoms with van der Waals surface area (Å²) in [7, 11) is 1.88. The Morgan fingerprint density at radius 3 is 2.32 bits per heavy atom. The van der Waals surface area contributed by atoms with Gasteiger partial charge in [-0.2, -0.15) is 0 Å². The van der Waals surface area contributed by atoms with Crippen molar-refractivity contribution in [3.8, 4) is 0 Å². The van der Waals surface area contributed by atoms with Gasteiger partial charge in [0, 0.05) is 14.5 Å². The van der Waals surface area contributed by atoms with E-state index in [1.54, 1.807) is 6.07 Å². The second-order valence-electron chi connectivity index (χ2n) is 4.06. The maximum Gasteiger partial charge on any atom is 0.0589 e. The zero-order chi connectivity index (χ0) is 14.0. The summed E-state index contributed by atoms with van der Waals surface area (Å²) in [6, 6.07) is 11.3. The third-order valence-electron chi connectivity index (χ3n) is 2.84. The standard InChI is InChI=1S/C14H11BrCl3N/c1-19-14(8-2-5-11(15)13(18)6-8)10-4-3-9(16)7-12(10)17/h2-7,14,19H,1H3. The molecule has 0 heterocycles. The van der Waals surface area contributed by atoms with Gasteiger partial charge in [0.05, 0.1) is 11.1 Å². The van der Waals surface area contributed by atoms with E-state index < -0.39 is 0 Å². The normalized spacial score (nSPS) is 12.5. The molecule has 0 aromatic heterocycles. The second kappa shape index (κ2) is 6.47. The summed E-state index contributed by atoms with van der Waals surface area (Å²) in [5.41, 5.74) is 2.01. The van der Waals surface area contributed by atoms with Crippen LogP contribution in [0.5, 0.6) is 0 Å². The van der Waals surface area contributed by atoms with E-state index in [2.05, 4.69) is 21.2 Å². The van der Waals surface area contributed by atoms with Gasteiger partial charge in [-0.05, 0) is 58.4 Å². The predicted molar refractivity (Wildman–Crippen MR) is 86.5 cm³/mol. The van der Waals surface area contributed by atoms with E-state index in [1.807, 2.05) is 37.4 Å². The molecule has 2 rings (SSSR count). The van der Waals surface area contributed by atoms with Gasteiger partial charge in [-0.3, -0.25) is 0 Å². The number of hydrogen-bond acceptors (Lipinski definition) is 1. The lowest BCUT2D eigenvalue weighted by molar-refractivity contribution is 0.692. The van der Waals surface area contributed by atoms with Crippen molar-refractivity contribution in [1.29, 1.82) is 0 Å². The maximum absolute atomic E-state index is 6.26. The van der Waals surface area contributed by atoms with Crippen molar-refractivity contribution in [3.63, 3.8) is 0 Å². The van der Waals surface area contributed by atoms with E-state index in [1.165, 1.54) is 0 Å². The summed E-state index contributed by atoms with van der Waals surface area (Å²) in [6.07, 6.45) is 0. The van der Waals surface area contributed by atoms with Crippen molar-refractivity contribution in [2.45, 2.75) is 6.04 Å². The third kappa shape index (κ3) is 3.45. The van der Waals surface area contributed by atoms with Crippen LogP contribution in [0.2, 0.25) is 15.1 Å². The van der Waals surface area contributed by atoms with Crippen molar-refractivity contribution in [3.05, 3.63) is 67.1 Å². The van der Waals surface area contributed by atoms with Gasteiger partial charge in [0.15, 0.2) is 0 Å². The van der Waals surface area contributed by atoms with Crippen LogP contribution in [0.25, 0.3) is 0 Å². The van der Waals surface area contributed by atoms with E-state index in [0.29, 0.717) is 15.1 Å². The van der Waals surface area contributed by atoms with E-state index >= 15 is 0 Å². The van der Waals surface area contributed by atoms with E-state index in [4.69, 9.17) is 34.8 Å². The monoisotopic (exact) mass is 377 g/mol. The smallest absolute Gasteiger partial charge is 0.0589 e. The van der Waals surface area contributed by atoms with Crippen molar-refractivity contribution in [1.82, 2.24) is 5.32 Å². The minimum absolute atomic E-state index is 0.0321. The molecule has 1 unspecified atom stereocenters. The van der Waals surface area contributed by atoms with E-state index in [9.17, 15) is 0 Å². The lowest BCUT2D eigenvalue weighted by Crippen LogP contribution is -2.18. The number of hydrogen-bond donors (Lipinski definition) is 1. The van der Waals surface area contributed by atoms with Crippen molar-refractivity contribution < 1.29 is 0 Å². The van der Waals surface area contributed by atoms with Crippen LogP contribution in [-0.2, 0) is 0 Å². The molecule has 0 fully saturated rings. The first kappa shape index (κ1) is 15.1. The second-order valence-corrected chi connectivity index (χ2v) is 6.17. The Morgan fingerprint density at radius 2 is 1.74 bits per heavy atom. The van der Waals surface area contributed by atoms with E-state index in [-0.39, 0.29) is 6.04 Å². The molecule has 0 spiro atoms. The maximum atomic E-state index is 6.26. The van der Waals surface area contributed by atoms with Crippen molar-refractivity contribution in [2.24, 2.45) is 0 Å². The van der Waals surface area contributed by atoms with Crippen molar-refractivity contribution in [2.75, 3.05) is 7.05 Å². The molecule has 1 N–H and O–H groups in total. The van der Waals surface area contributed by atoms with Crippen molar-refractivity contribution >= 4 is 50.7 Å². The average molecular weight is 380 g/mol. The fraction of sp³-hybridized carbons (Fsp3) is 0.143. The van der Waals surface area contributed by atoms with Crippen LogP contribution < -0.4 is 5.32 Å². The van der Waals surface area contributed by atoms with E-state index in [0.717, 1.165) is 15.6 Å². The summed E-state index contributed by atoms with van der Waals surface area (Å²) in [4.78, 5) is 0. The molecule has 0 amide bonds. The quantitative estimate of drug-likeness (QED) is 0.719. The molecule has 0 aliphatic rings. The van der Waals surface area contributed by atoms with Gasteiger partial charge >= 0.3 is 0 Å². The Kier molecular flexibility index (Phi) is 5.15. The Bertz CT molecular complexity index is 601. The first-order valence-electron chi connectivity index (χ1n) is 5.60. The van der Waals surface area contributed by atoms with Gasteiger partial charge in [-0.15, -0.1) is 0 Å². The molecule has 19 heavy (non-hydrogen) atoms. The Labute approximate surface area is 136 Å². The van der Waals surface area contributed by atoms with Crippen LogP contribution >= 0.6 is 50.7 Å². The molecule has 1 atom stereocenters. The summed E-state index contributed by atoms with van der Waals surface area (Å²) in [5.74, 6) is 0. The Balaban J connectivity index is 2.46. The Hall–Kier alpha value is -0.250. The summed E-state index contributed by atoms with van der Waals surface area (Å²) in [5, 5.41) is 5.16. The Morgan fingerprint density at radius 1 is 1.00 bits per heavy atom. The first-order chi connectivity index (χ1) is 9.02. The summed E-state index contributed by atoms with van der Waals surface area (Å²) < 4.78 is 0.870. The van der Waals surface area contributed by atoms with Gasteiger partial charge in [0.25, 0.3) is 0 Å². The number of halogens is 4. The minimum Gasteiger partial charge on any atom is -0.309 e. The lowest BCUT2D eigenvalue weighted by atomic mass is 9.99. The highest BCUT2D eigenvalue weighted by Crippen LogP contribution is 2.33. The molecular formula is C14H11BrCl3N. The number of benzene rings is 2. The highest BCUT2D eigenvalue weighted by Gasteiger charge is 2.16. The van der Waals surface area contributed by atoms with Gasteiger partial charge in [0.2, 0.25) is 0 Å². The van der Waals surface area contributed by atoms with Gasteiger partial charge in [-0.1, -0.05) is 46.9 Å². The fourth-order valence-corrected chi connectivity index (χ4v) is 2.88. The molecule has 2 aromatic carbocycles. The molecule has 1 nitrogen and oxygen atoms in total. The zero-order valence-corrected chi connectivity index (χ0v) is 13.9. The van der Waals surface area contributed by atoms with Gasteiger partial charge < -0.3 is 5.32 Å². The summed E-state index contributed by atoms with van der Waals surface area (Å²) >= 11 is 21.7. The van der Waals surface area contributed by atoms with Crippen LogP contribution in [-0.4, -0.2) is 7.05 Å². The topological polar surface area (TPSA) is 12.0 Å². The van der Waals surface area contributed by atoms with Crippen LogP contribution in [0.1, 0.15) is 17.2 Å². The molecular weight excluding hydrogens is 368 g/mol. The van der Waals surface area contributed by atoms with Crippen LogP contribution in [0, 0.1) is 0 Å². The number of rotatable bonds is 3. The molecule has 2 aromatic rings. The van der Waals surface area contributed by atoms with Crippen LogP contribution in [0.4, 0.5) is 0 Å². The largest absolute Gasteiger partial charge is 0.309 e. The molecule has 0 aliphatic heterocycles. The van der Waals surface area contributed by atoms with Gasteiger partial charge in [0.1, 0.15) is 0 Å². The zero-order valence-electron chi connectivity index (χ0n) is 10.1. The summed E-state index contributed by atoms with van der Waals surface area (Å²) in [6.45, 7) is 0. The molecule has 5 heteroatoms. The molecule has 0 aliphatic carbocycles. The molecule has 0 radical (unpaired) electrons. The fourth-order valence-electron chi connectivity index (χ4n) is 1.93. The lowest BCUT2D eigenvalue weighted by Gasteiger charge is -2.19. The highest BCUT2D eigenvalue weighted by molar-refractivity contribution is 9.10. The van der Waals surface area contributed by atoms with Crippen LogP contribution in [0.15, 0.2) is 40.9 Å². The molecule has 0 saturated heterocycles. The number of nitrogens with one attached hydrogen (secondary N) is 1. The minimum atomic E-state index is -0.0321. The SMILES string of the molecule is CNC(c1ccc(Br)c(Cl)c1)c1ccc(Cl)cc1Cl. The predicted octanol–water partition coefficient (Wildman–Crippen LogP) is 5.72. The highest BCUT2D eigenvalue weighted by atomic mass is 79.9. The van der Waals surface area contributed by atoms with Gasteiger partial charge in [-0.25, -0.2) is 0 Å². The first-order valence-corrected chi connectivity index (χ1v) is 7.52. The molecule has 0 saturated carbocycles. The third-order valence-corrected chi connectivity index (χ3v) is 4.63. The molecule has 0 bridgehead atoms. The molecule has 100 valence electrons.